The van der Waals surface area contributed by atoms with Gasteiger partial charge in [-0.2, -0.15) is 0 Å². The minimum atomic E-state index is -1.29. The van der Waals surface area contributed by atoms with E-state index in [9.17, 15) is 13.7 Å². The zero-order valence-electron chi connectivity index (χ0n) is 22.1. The van der Waals surface area contributed by atoms with Crippen LogP contribution in [-0.4, -0.2) is 54.5 Å². The highest BCUT2D eigenvalue weighted by molar-refractivity contribution is 7.85. The number of ether oxygens (including phenoxy) is 1. The lowest BCUT2D eigenvalue weighted by Crippen LogP contribution is -2.27. The molecule has 9 nitrogen and oxygen atoms in total. The number of benzene rings is 2. The molecular weight excluding hydrogens is 509 g/mol. The highest BCUT2D eigenvalue weighted by Gasteiger charge is 2.23. The molecule has 0 amide bonds. The van der Waals surface area contributed by atoms with E-state index in [1.807, 2.05) is 6.92 Å². The van der Waals surface area contributed by atoms with E-state index in [0.717, 1.165) is 5.56 Å². The van der Waals surface area contributed by atoms with E-state index in [2.05, 4.69) is 15.3 Å². The second-order valence-electron chi connectivity index (χ2n) is 9.44. The Morgan fingerprint density at radius 1 is 1.21 bits per heavy atom. The van der Waals surface area contributed by atoms with E-state index in [-0.39, 0.29) is 23.4 Å². The topological polar surface area (TPSA) is 164 Å². The Morgan fingerprint density at radius 3 is 2.45 bits per heavy atom. The Kier molecular flexibility index (Phi) is 10.5. The molecule has 1 heterocycles. The van der Waals surface area contributed by atoms with E-state index >= 15 is 0 Å². The fourth-order valence-corrected chi connectivity index (χ4v) is 5.27. The molecule has 0 saturated heterocycles. The van der Waals surface area contributed by atoms with Gasteiger partial charge in [0.1, 0.15) is 11.5 Å². The number of hydrogen-bond donors (Lipinski definition) is 4. The van der Waals surface area contributed by atoms with Gasteiger partial charge in [0.2, 0.25) is 11.8 Å². The fraction of sp³-hybridized carbons (Fsp3) is 0.333. The van der Waals surface area contributed by atoms with Crippen LogP contribution in [-0.2, 0) is 22.1 Å². The summed E-state index contributed by atoms with van der Waals surface area (Å²) in [4.78, 5) is 9.43. The fourth-order valence-electron chi connectivity index (χ4n) is 3.84. The van der Waals surface area contributed by atoms with Gasteiger partial charge in [0.15, 0.2) is 0 Å². The van der Waals surface area contributed by atoms with Gasteiger partial charge >= 0.3 is 0 Å². The first-order valence-corrected chi connectivity index (χ1v) is 13.0. The van der Waals surface area contributed by atoms with E-state index in [1.54, 1.807) is 64.3 Å². The summed E-state index contributed by atoms with van der Waals surface area (Å²) in [6, 6.07) is 11.5. The molecule has 2 unspecified atom stereocenters. The molecule has 3 rings (SSSR count). The van der Waals surface area contributed by atoms with Gasteiger partial charge in [0, 0.05) is 23.7 Å². The van der Waals surface area contributed by atoms with Crippen molar-refractivity contribution in [3.8, 4) is 11.3 Å². The smallest absolute Gasteiger partial charge is 0.241 e. The van der Waals surface area contributed by atoms with E-state index in [4.69, 9.17) is 15.6 Å². The number of rotatable bonds is 9. The first kappa shape index (κ1) is 30.8. The molecular formula is C27H36FN5O4S. The van der Waals surface area contributed by atoms with Crippen molar-refractivity contribution in [3.05, 3.63) is 77.0 Å². The average molecular weight is 546 g/mol. The van der Waals surface area contributed by atoms with Crippen molar-refractivity contribution in [3.63, 3.8) is 0 Å². The summed E-state index contributed by atoms with van der Waals surface area (Å²) >= 11 is 0. The number of halogens is 1. The Balaban J connectivity index is 0.00000380. The largest absolute Gasteiger partial charge is 0.419 e. The SMILES string of the molecule is CNCc1ccc(C(=N)OC(=N)c2nc(-c3ccc(S(=O)C(C)CC(C)(C)O)cc3)cnc2C)c(F)c1.O.[HH]. The number of aryl methyl sites for hydroxylation is 1. The van der Waals surface area contributed by atoms with Crippen LogP contribution in [0.2, 0.25) is 0 Å². The maximum Gasteiger partial charge on any atom is 0.241 e. The molecule has 6 N–H and O–H groups in total. The summed E-state index contributed by atoms with van der Waals surface area (Å²) in [7, 11) is 0.463. The van der Waals surface area contributed by atoms with Gasteiger partial charge in [-0.3, -0.25) is 20.0 Å². The molecule has 0 spiro atoms. The number of nitrogens with zero attached hydrogens (tertiary/aromatic N) is 2. The standard InChI is InChI=1S/C27H32FN5O3S.H2O.H2/c1-16(13-27(3,4)34)37(35)20-9-7-19(8-10-20)23-15-32-17(2)24(33-23)26(30)36-25(29)21-11-6-18(14-31-5)12-22(21)28;;/h6-12,15-16,29-31,34H,13-14H2,1-5H3;1H2;1H. The zero-order valence-corrected chi connectivity index (χ0v) is 22.9. The minimum Gasteiger partial charge on any atom is -0.419 e. The van der Waals surface area contributed by atoms with Crippen molar-refractivity contribution >= 4 is 22.6 Å². The lowest BCUT2D eigenvalue weighted by atomic mass is 10.0. The summed E-state index contributed by atoms with van der Waals surface area (Å²) in [6.45, 7) is 7.37. The van der Waals surface area contributed by atoms with Gasteiger partial charge in [0.05, 0.1) is 39.5 Å². The van der Waals surface area contributed by atoms with Crippen molar-refractivity contribution < 1.29 is 25.3 Å². The number of aromatic nitrogens is 2. The van der Waals surface area contributed by atoms with E-state index < -0.39 is 34.0 Å². The second kappa shape index (κ2) is 12.9. The minimum absolute atomic E-state index is 0. The molecule has 0 aliphatic rings. The van der Waals surface area contributed by atoms with Gasteiger partial charge in [-0.25, -0.2) is 9.37 Å². The maximum atomic E-state index is 14.5. The number of hydrogen-bond acceptors (Lipinski definition) is 8. The lowest BCUT2D eigenvalue weighted by Gasteiger charge is -2.21. The van der Waals surface area contributed by atoms with E-state index in [0.29, 0.717) is 34.8 Å². The van der Waals surface area contributed by atoms with Gasteiger partial charge in [-0.15, -0.1) is 0 Å². The summed E-state index contributed by atoms with van der Waals surface area (Å²) < 4.78 is 32.7. The highest BCUT2D eigenvalue weighted by atomic mass is 32.2. The summed E-state index contributed by atoms with van der Waals surface area (Å²) in [5, 5.41) is 29.2. The molecule has 38 heavy (non-hydrogen) atoms. The van der Waals surface area contributed by atoms with Gasteiger partial charge in [0.25, 0.3) is 0 Å². The molecule has 0 saturated carbocycles. The molecule has 0 radical (unpaired) electrons. The number of nitrogens with one attached hydrogen (secondary N) is 3. The Labute approximate surface area is 225 Å². The number of aliphatic hydroxyl groups is 1. The molecule has 2 atom stereocenters. The Bertz CT molecular complexity index is 1330. The summed E-state index contributed by atoms with van der Waals surface area (Å²) in [5.41, 5.74) is 1.46. The van der Waals surface area contributed by atoms with Crippen LogP contribution >= 0.6 is 0 Å². The average Bonchev–Trinajstić information content (AvgIpc) is 2.83. The Hall–Kier alpha value is -3.38. The van der Waals surface area contributed by atoms with Crippen molar-refractivity contribution in [2.45, 2.75) is 56.4 Å². The molecule has 3 aromatic rings. The summed E-state index contributed by atoms with van der Waals surface area (Å²) in [5.74, 6) is -1.54. The van der Waals surface area contributed by atoms with Crippen molar-refractivity contribution in [1.82, 2.24) is 15.3 Å². The molecule has 11 heteroatoms. The van der Waals surface area contributed by atoms with Gasteiger partial charge in [-0.05, 0) is 64.1 Å². The van der Waals surface area contributed by atoms with E-state index in [1.165, 1.54) is 12.1 Å². The molecule has 206 valence electrons. The molecule has 0 aliphatic carbocycles. The van der Waals surface area contributed by atoms with Crippen LogP contribution in [0.4, 0.5) is 4.39 Å². The van der Waals surface area contributed by atoms with Crippen molar-refractivity contribution in [2.24, 2.45) is 0 Å². The van der Waals surface area contributed by atoms with Crippen LogP contribution in [0.3, 0.4) is 0 Å². The van der Waals surface area contributed by atoms with Crippen LogP contribution in [0, 0.1) is 23.6 Å². The molecule has 2 aromatic carbocycles. The second-order valence-corrected chi connectivity index (χ2v) is 11.3. The van der Waals surface area contributed by atoms with Crippen LogP contribution < -0.4 is 5.32 Å². The highest BCUT2D eigenvalue weighted by Crippen LogP contribution is 2.24. The van der Waals surface area contributed by atoms with Crippen molar-refractivity contribution in [1.29, 1.82) is 10.8 Å². The zero-order chi connectivity index (χ0) is 27.3. The quantitative estimate of drug-likeness (QED) is 0.236. The molecule has 0 fully saturated rings. The van der Waals surface area contributed by atoms with Gasteiger partial charge < -0.3 is 20.6 Å². The molecule has 0 aliphatic heterocycles. The normalized spacial score (nSPS) is 12.8. The van der Waals surface area contributed by atoms with Crippen LogP contribution in [0.25, 0.3) is 11.3 Å². The van der Waals surface area contributed by atoms with Crippen LogP contribution in [0.15, 0.2) is 53.6 Å². The van der Waals surface area contributed by atoms with Crippen LogP contribution in [0.1, 0.15) is 51.1 Å². The summed E-state index contributed by atoms with van der Waals surface area (Å²) in [6.07, 6.45) is 1.95. The van der Waals surface area contributed by atoms with Crippen LogP contribution in [0.5, 0.6) is 0 Å². The third-order valence-electron chi connectivity index (χ3n) is 5.57. The first-order valence-electron chi connectivity index (χ1n) is 11.8. The molecule has 1 aromatic heterocycles. The Morgan fingerprint density at radius 2 is 1.87 bits per heavy atom. The first-order chi connectivity index (χ1) is 17.4. The monoisotopic (exact) mass is 545 g/mol. The third kappa shape index (κ3) is 7.81. The van der Waals surface area contributed by atoms with Crippen molar-refractivity contribution in [2.75, 3.05) is 7.05 Å². The maximum absolute atomic E-state index is 14.5. The molecule has 0 bridgehead atoms. The third-order valence-corrected chi connectivity index (χ3v) is 7.20. The van der Waals surface area contributed by atoms with Gasteiger partial charge in [-0.1, -0.05) is 25.1 Å². The lowest BCUT2D eigenvalue weighted by molar-refractivity contribution is 0.0715. The predicted octanol–water partition coefficient (Wildman–Crippen LogP) is 3.76. The predicted molar refractivity (Wildman–Crippen MR) is 149 cm³/mol.